The van der Waals surface area contributed by atoms with E-state index >= 15 is 0 Å². The van der Waals surface area contributed by atoms with Gasteiger partial charge in [0.15, 0.2) is 5.82 Å². The van der Waals surface area contributed by atoms with Gasteiger partial charge in [0.2, 0.25) is 11.9 Å². The molecule has 0 spiro atoms. The Labute approximate surface area is 248 Å². The number of hydrogen-bond donors (Lipinski definition) is 2. The molecule has 12 heteroatoms. The molecule has 0 bridgehead atoms. The molecule has 0 saturated carbocycles. The van der Waals surface area contributed by atoms with Crippen LogP contribution >= 0.6 is 11.8 Å². The highest BCUT2D eigenvalue weighted by Gasteiger charge is 2.23. The van der Waals surface area contributed by atoms with Crippen molar-refractivity contribution in [1.29, 1.82) is 0 Å². The molecule has 2 N–H and O–H groups in total. The maximum atomic E-state index is 12.1. The van der Waals surface area contributed by atoms with E-state index in [-0.39, 0.29) is 11.9 Å². The zero-order valence-corrected chi connectivity index (χ0v) is 24.7. The fraction of sp³-hybridized carbons (Fsp3) is 0.333. The van der Waals surface area contributed by atoms with E-state index in [1.54, 1.807) is 24.3 Å². The molecular weight excluding hydrogens is 550 g/mol. The normalized spacial score (nSPS) is 13.9. The van der Waals surface area contributed by atoms with Crippen molar-refractivity contribution < 1.29 is 9.53 Å². The van der Waals surface area contributed by atoms with Crippen molar-refractivity contribution in [3.63, 3.8) is 0 Å². The van der Waals surface area contributed by atoms with Crippen LogP contribution in [0.3, 0.4) is 0 Å². The lowest BCUT2D eigenvalue weighted by molar-refractivity contribution is -0.121. The minimum Gasteiger partial charge on any atom is -0.457 e. The monoisotopic (exact) mass is 583 g/mol. The van der Waals surface area contributed by atoms with E-state index in [9.17, 15) is 4.79 Å². The van der Waals surface area contributed by atoms with E-state index in [0.717, 1.165) is 65.5 Å². The number of thioether (sulfide) groups is 1. The van der Waals surface area contributed by atoms with Crippen molar-refractivity contribution in [3.8, 4) is 11.5 Å². The second-order valence-electron chi connectivity index (χ2n) is 10.4. The van der Waals surface area contributed by atoms with Gasteiger partial charge in [-0.2, -0.15) is 11.8 Å². The highest BCUT2D eigenvalue weighted by atomic mass is 32.2. The van der Waals surface area contributed by atoms with Crippen LogP contribution in [0.2, 0.25) is 0 Å². The van der Waals surface area contributed by atoms with E-state index in [4.69, 9.17) is 9.72 Å². The van der Waals surface area contributed by atoms with Crippen molar-refractivity contribution in [1.82, 2.24) is 34.8 Å². The molecule has 1 aliphatic heterocycles. The van der Waals surface area contributed by atoms with Crippen LogP contribution in [-0.4, -0.2) is 66.5 Å². The van der Waals surface area contributed by atoms with Crippen LogP contribution in [0.5, 0.6) is 11.5 Å². The van der Waals surface area contributed by atoms with Crippen molar-refractivity contribution in [3.05, 3.63) is 60.8 Å². The molecule has 3 aromatic heterocycles. The first-order valence-electron chi connectivity index (χ1n) is 13.9. The summed E-state index contributed by atoms with van der Waals surface area (Å²) in [5.74, 6) is 3.70. The van der Waals surface area contributed by atoms with Gasteiger partial charge < -0.3 is 24.8 Å². The van der Waals surface area contributed by atoms with Crippen LogP contribution < -0.4 is 20.3 Å². The van der Waals surface area contributed by atoms with Gasteiger partial charge in [-0.1, -0.05) is 0 Å². The van der Waals surface area contributed by atoms with Gasteiger partial charge in [-0.3, -0.25) is 4.79 Å². The number of hydrogen-bond acceptors (Lipinski definition) is 10. The summed E-state index contributed by atoms with van der Waals surface area (Å²) < 4.78 is 8.16. The van der Waals surface area contributed by atoms with Gasteiger partial charge in [0.1, 0.15) is 28.9 Å². The first-order valence-corrected chi connectivity index (χ1v) is 15.3. The Kier molecular flexibility index (Phi) is 8.04. The third-order valence-corrected chi connectivity index (χ3v) is 8.02. The lowest BCUT2D eigenvalue weighted by atomic mass is 10.1. The summed E-state index contributed by atoms with van der Waals surface area (Å²) in [5.41, 5.74) is 5.08. The topological polar surface area (TPSA) is 123 Å². The van der Waals surface area contributed by atoms with E-state index in [0.29, 0.717) is 29.2 Å². The average Bonchev–Trinajstić information content (AvgIpc) is 3.37. The van der Waals surface area contributed by atoms with Gasteiger partial charge >= 0.3 is 0 Å². The second kappa shape index (κ2) is 12.2. The summed E-state index contributed by atoms with van der Waals surface area (Å²) in [4.78, 5) is 37.0. The van der Waals surface area contributed by atoms with Crippen LogP contribution in [-0.2, 0) is 11.8 Å². The molecule has 11 nitrogen and oxygen atoms in total. The summed E-state index contributed by atoms with van der Waals surface area (Å²) in [5, 5.41) is 6.56. The molecule has 0 atom stereocenters. The number of imidazole rings is 1. The molecule has 4 heterocycles. The predicted octanol–water partition coefficient (Wildman–Crippen LogP) is 4.99. The lowest BCUT2D eigenvalue weighted by Crippen LogP contribution is -2.45. The number of nitrogens with one attached hydrogen (secondary N) is 2. The molecule has 1 fully saturated rings. The predicted molar refractivity (Wildman–Crippen MR) is 167 cm³/mol. The lowest BCUT2D eigenvalue weighted by Gasteiger charge is -2.32. The molecule has 2 aromatic carbocycles. The van der Waals surface area contributed by atoms with Crippen LogP contribution in [0, 0.1) is 6.92 Å². The molecule has 0 unspecified atom stereocenters. The summed E-state index contributed by atoms with van der Waals surface area (Å²) in [6.45, 7) is 3.54. The average molecular weight is 584 g/mol. The summed E-state index contributed by atoms with van der Waals surface area (Å²) in [6, 6.07) is 12.0. The standard InChI is InChI=1S/C30H33N9O2S/c1-19-14-21(4-7-26(19)41-22-5-6-25-23(15-22)34-18-38(25)2)36-29-28-24(32-17-33-29)16-31-30(37-28)39-11-8-20(9-12-39)35-27(40)10-13-42-3/h4-7,14-18,20H,8-13H2,1-3H3,(H,35,40)(H,32,33,36). The second-order valence-corrected chi connectivity index (χ2v) is 11.4. The number of ether oxygens (including phenoxy) is 1. The number of aryl methyl sites for hydroxylation is 2. The molecule has 42 heavy (non-hydrogen) atoms. The minimum absolute atomic E-state index is 0.124. The molecule has 1 saturated heterocycles. The molecule has 6 rings (SSSR count). The summed E-state index contributed by atoms with van der Waals surface area (Å²) in [6.07, 6.45) is 9.32. The number of carbonyl (C=O) groups is 1. The van der Waals surface area contributed by atoms with E-state index in [1.165, 1.54) is 6.33 Å². The number of carbonyl (C=O) groups excluding carboxylic acids is 1. The number of benzene rings is 2. The third kappa shape index (κ3) is 6.08. The number of fused-ring (bicyclic) bond motifs is 2. The van der Waals surface area contributed by atoms with Crippen molar-refractivity contribution in [2.45, 2.75) is 32.2 Å². The number of aromatic nitrogens is 6. The highest BCUT2D eigenvalue weighted by molar-refractivity contribution is 7.98. The van der Waals surface area contributed by atoms with Gasteiger partial charge in [-0.15, -0.1) is 0 Å². The zero-order chi connectivity index (χ0) is 29.1. The number of amides is 1. The maximum Gasteiger partial charge on any atom is 0.226 e. The van der Waals surface area contributed by atoms with Crippen LogP contribution in [0.25, 0.3) is 22.1 Å². The number of anilines is 3. The zero-order valence-electron chi connectivity index (χ0n) is 23.9. The molecular formula is C30H33N9O2S. The minimum atomic E-state index is 0.124. The summed E-state index contributed by atoms with van der Waals surface area (Å²) >= 11 is 1.69. The van der Waals surface area contributed by atoms with Crippen molar-refractivity contribution in [2.24, 2.45) is 7.05 Å². The van der Waals surface area contributed by atoms with Crippen molar-refractivity contribution >= 4 is 57.2 Å². The highest BCUT2D eigenvalue weighted by Crippen LogP contribution is 2.31. The Morgan fingerprint density at radius 3 is 2.74 bits per heavy atom. The first-order chi connectivity index (χ1) is 20.5. The van der Waals surface area contributed by atoms with E-state index in [2.05, 4.69) is 35.5 Å². The van der Waals surface area contributed by atoms with E-state index in [1.807, 2.05) is 61.2 Å². The number of piperidine rings is 1. The number of nitrogens with zero attached hydrogens (tertiary/aromatic N) is 7. The van der Waals surface area contributed by atoms with Gasteiger partial charge in [0.05, 0.1) is 23.6 Å². The maximum absolute atomic E-state index is 12.1. The van der Waals surface area contributed by atoms with Gasteiger partial charge in [-0.25, -0.2) is 24.9 Å². The summed E-state index contributed by atoms with van der Waals surface area (Å²) in [7, 11) is 1.97. The molecule has 216 valence electrons. The van der Waals surface area contributed by atoms with Gasteiger partial charge in [0.25, 0.3) is 0 Å². The Morgan fingerprint density at radius 2 is 1.93 bits per heavy atom. The van der Waals surface area contributed by atoms with Crippen molar-refractivity contribution in [2.75, 3.05) is 35.3 Å². The smallest absolute Gasteiger partial charge is 0.226 e. The third-order valence-electron chi connectivity index (χ3n) is 7.40. The quantitative estimate of drug-likeness (QED) is 0.245. The van der Waals surface area contributed by atoms with Crippen LogP contribution in [0.4, 0.5) is 17.5 Å². The number of rotatable bonds is 9. The van der Waals surface area contributed by atoms with Crippen LogP contribution in [0.1, 0.15) is 24.8 Å². The molecule has 0 radical (unpaired) electrons. The van der Waals surface area contributed by atoms with E-state index < -0.39 is 0 Å². The van der Waals surface area contributed by atoms with Gasteiger partial charge in [0, 0.05) is 50.1 Å². The Balaban J connectivity index is 1.14. The molecule has 5 aromatic rings. The molecule has 1 amide bonds. The Bertz CT molecular complexity index is 1730. The van der Waals surface area contributed by atoms with Gasteiger partial charge in [-0.05, 0) is 61.9 Å². The fourth-order valence-corrected chi connectivity index (χ4v) is 5.48. The Hall–Kier alpha value is -4.45. The largest absolute Gasteiger partial charge is 0.457 e. The molecule has 1 aliphatic rings. The molecule has 0 aliphatic carbocycles. The Morgan fingerprint density at radius 1 is 1.07 bits per heavy atom. The first kappa shape index (κ1) is 27.7. The van der Waals surface area contributed by atoms with Crippen LogP contribution in [0.15, 0.2) is 55.2 Å². The SMILES string of the molecule is CSCCC(=O)NC1CCN(c2ncc3ncnc(Nc4ccc(Oc5ccc6c(c5)ncn6C)c(C)c4)c3n2)CC1. The fourth-order valence-electron chi connectivity index (χ4n) is 5.09.